The van der Waals surface area contributed by atoms with Gasteiger partial charge in [0, 0.05) is 11.3 Å². The van der Waals surface area contributed by atoms with E-state index in [9.17, 15) is 9.18 Å². The smallest absolute Gasteiger partial charge is 0.238 e. The van der Waals surface area contributed by atoms with Gasteiger partial charge in [0.05, 0.1) is 5.75 Å². The molecule has 0 spiro atoms. The largest absolute Gasteiger partial charge is 0.409 e. The van der Waals surface area contributed by atoms with Crippen LogP contribution in [0.3, 0.4) is 0 Å². The van der Waals surface area contributed by atoms with Gasteiger partial charge < -0.3 is 10.9 Å². The molecule has 2 aromatic carbocycles. The lowest BCUT2D eigenvalue weighted by Crippen LogP contribution is -2.28. The number of amidine groups is 1. The number of nitrogens with zero attached hydrogens (tertiary/aromatic N) is 2. The molecule has 1 saturated heterocycles. The summed E-state index contributed by atoms with van der Waals surface area (Å²) in [6.07, 6.45) is 0. The lowest BCUT2D eigenvalue weighted by Gasteiger charge is -2.26. The molecule has 0 bridgehead atoms. The number of benzene rings is 2. The Hall–Kier alpha value is -2.54. The molecule has 124 valence electrons. The van der Waals surface area contributed by atoms with Crippen LogP contribution < -0.4 is 10.6 Å². The summed E-state index contributed by atoms with van der Waals surface area (Å²) in [6, 6.07) is 11.4. The van der Waals surface area contributed by atoms with Gasteiger partial charge >= 0.3 is 0 Å². The number of thioether (sulfide) groups is 1. The van der Waals surface area contributed by atoms with Crippen LogP contribution in [-0.2, 0) is 4.79 Å². The van der Waals surface area contributed by atoms with Gasteiger partial charge in [0.15, 0.2) is 5.84 Å². The average Bonchev–Trinajstić information content (AvgIpc) is 2.96. The lowest BCUT2D eigenvalue weighted by atomic mass is 10.1. The first-order chi connectivity index (χ1) is 11.5. The summed E-state index contributed by atoms with van der Waals surface area (Å²) in [4.78, 5) is 14.1. The van der Waals surface area contributed by atoms with E-state index in [2.05, 4.69) is 5.16 Å². The monoisotopic (exact) mass is 345 g/mol. The Labute approximate surface area is 143 Å². The topological polar surface area (TPSA) is 78.9 Å². The highest BCUT2D eigenvalue weighted by molar-refractivity contribution is 8.00. The van der Waals surface area contributed by atoms with E-state index in [0.717, 1.165) is 16.8 Å². The third-order valence-electron chi connectivity index (χ3n) is 3.88. The zero-order chi connectivity index (χ0) is 17.3. The van der Waals surface area contributed by atoms with Gasteiger partial charge in [0.2, 0.25) is 5.91 Å². The Morgan fingerprint density at radius 2 is 2.04 bits per heavy atom. The minimum Gasteiger partial charge on any atom is -0.409 e. The highest BCUT2D eigenvalue weighted by atomic mass is 32.2. The average molecular weight is 345 g/mol. The molecule has 2 aromatic rings. The maximum Gasteiger partial charge on any atom is 0.238 e. The molecule has 7 heteroatoms. The van der Waals surface area contributed by atoms with Gasteiger partial charge in [0.1, 0.15) is 11.2 Å². The summed E-state index contributed by atoms with van der Waals surface area (Å²) in [6.45, 7) is 1.86. The molecule has 0 saturated carbocycles. The molecule has 5 nitrogen and oxygen atoms in total. The number of nitrogens with two attached hydrogens (primary N) is 1. The van der Waals surface area contributed by atoms with Gasteiger partial charge in [-0.1, -0.05) is 17.3 Å². The number of hydrogen-bond donors (Lipinski definition) is 2. The predicted octanol–water partition coefficient (Wildman–Crippen LogP) is 3.01. The zero-order valence-electron chi connectivity index (χ0n) is 12.9. The Balaban J connectivity index is 1.99. The maximum absolute atomic E-state index is 13.2. The predicted molar refractivity (Wildman–Crippen MR) is 92.8 cm³/mol. The van der Waals surface area contributed by atoms with Crippen LogP contribution in [0.15, 0.2) is 47.6 Å². The fourth-order valence-electron chi connectivity index (χ4n) is 2.70. The number of aryl methyl sites for hydroxylation is 1. The van der Waals surface area contributed by atoms with Crippen molar-refractivity contribution in [3.05, 3.63) is 65.0 Å². The molecule has 0 aliphatic carbocycles. The first-order valence-electron chi connectivity index (χ1n) is 7.29. The summed E-state index contributed by atoms with van der Waals surface area (Å²) in [5.74, 6) is 0.0680. The number of amides is 1. The molecular weight excluding hydrogens is 329 g/mol. The van der Waals surface area contributed by atoms with E-state index in [-0.39, 0.29) is 22.9 Å². The van der Waals surface area contributed by atoms with E-state index in [1.165, 1.54) is 23.9 Å². The third kappa shape index (κ3) is 2.94. The van der Waals surface area contributed by atoms with Gasteiger partial charge in [-0.15, -0.1) is 11.8 Å². The van der Waals surface area contributed by atoms with E-state index in [0.29, 0.717) is 11.3 Å². The number of rotatable bonds is 3. The van der Waals surface area contributed by atoms with Crippen LogP contribution in [0.4, 0.5) is 10.1 Å². The van der Waals surface area contributed by atoms with Crippen LogP contribution in [0, 0.1) is 12.7 Å². The van der Waals surface area contributed by atoms with Crippen molar-refractivity contribution < 1.29 is 14.4 Å². The summed E-state index contributed by atoms with van der Waals surface area (Å²) in [5.41, 5.74) is 8.65. The van der Waals surface area contributed by atoms with Crippen molar-refractivity contribution in [1.29, 1.82) is 0 Å². The Morgan fingerprint density at radius 1 is 1.33 bits per heavy atom. The van der Waals surface area contributed by atoms with Crippen LogP contribution in [0.1, 0.15) is 22.1 Å². The Morgan fingerprint density at radius 3 is 2.67 bits per heavy atom. The first-order valence-corrected chi connectivity index (χ1v) is 8.34. The first kappa shape index (κ1) is 16.3. The molecule has 24 heavy (non-hydrogen) atoms. The molecule has 1 unspecified atom stereocenters. The van der Waals surface area contributed by atoms with Crippen molar-refractivity contribution in [2.75, 3.05) is 10.7 Å². The van der Waals surface area contributed by atoms with E-state index < -0.39 is 0 Å². The molecule has 3 N–H and O–H groups in total. The Bertz CT molecular complexity index is 808. The van der Waals surface area contributed by atoms with Crippen molar-refractivity contribution in [3.63, 3.8) is 0 Å². The minimum absolute atomic E-state index is 0.00558. The minimum atomic E-state index is -0.307. The third-order valence-corrected chi connectivity index (χ3v) is 5.10. The van der Waals surface area contributed by atoms with Gasteiger partial charge in [-0.3, -0.25) is 9.69 Å². The molecule has 1 aliphatic rings. The number of carbonyl (C=O) groups excluding carboxylic acids is 1. The van der Waals surface area contributed by atoms with E-state index in [1.54, 1.807) is 35.2 Å². The highest BCUT2D eigenvalue weighted by Crippen LogP contribution is 2.42. The van der Waals surface area contributed by atoms with Crippen LogP contribution in [0.25, 0.3) is 0 Å². The van der Waals surface area contributed by atoms with Crippen molar-refractivity contribution >= 4 is 29.2 Å². The summed E-state index contributed by atoms with van der Waals surface area (Å²) in [5, 5.41) is 11.6. The number of anilines is 1. The number of carbonyl (C=O) groups is 1. The van der Waals surface area contributed by atoms with Crippen LogP contribution in [-0.4, -0.2) is 22.7 Å². The number of halogens is 1. The SMILES string of the molecule is Cc1cc(C(N)=NO)ccc1N1C(=O)CSC1c1ccc(F)cc1. The van der Waals surface area contributed by atoms with Crippen LogP contribution in [0.5, 0.6) is 0 Å². The summed E-state index contributed by atoms with van der Waals surface area (Å²) in [7, 11) is 0. The van der Waals surface area contributed by atoms with Crippen molar-refractivity contribution in [2.45, 2.75) is 12.3 Å². The van der Waals surface area contributed by atoms with E-state index >= 15 is 0 Å². The second kappa shape index (κ2) is 6.52. The van der Waals surface area contributed by atoms with E-state index in [1.807, 2.05) is 6.92 Å². The fraction of sp³-hybridized carbons (Fsp3) is 0.176. The van der Waals surface area contributed by atoms with Crippen molar-refractivity contribution in [3.8, 4) is 0 Å². The van der Waals surface area contributed by atoms with Crippen LogP contribution >= 0.6 is 11.8 Å². The van der Waals surface area contributed by atoms with Gasteiger partial charge in [-0.05, 0) is 48.4 Å². The zero-order valence-corrected chi connectivity index (χ0v) is 13.8. The number of hydrogen-bond acceptors (Lipinski definition) is 4. The fourth-order valence-corrected chi connectivity index (χ4v) is 3.87. The quantitative estimate of drug-likeness (QED) is 0.388. The molecule has 1 amide bonds. The molecule has 1 atom stereocenters. The molecule has 1 aliphatic heterocycles. The number of oxime groups is 1. The molecule has 1 heterocycles. The molecule has 0 aromatic heterocycles. The van der Waals surface area contributed by atoms with Gasteiger partial charge in [-0.2, -0.15) is 0 Å². The standard InChI is InChI=1S/C17H16FN3O2S/c1-10-8-12(16(19)20-23)4-7-14(10)21-15(22)9-24-17(21)11-2-5-13(18)6-3-11/h2-8,17,23H,9H2,1H3,(H2,19,20). The molecule has 3 rings (SSSR count). The molecule has 1 fully saturated rings. The second-order valence-electron chi connectivity index (χ2n) is 5.47. The van der Waals surface area contributed by atoms with E-state index in [4.69, 9.17) is 10.9 Å². The lowest BCUT2D eigenvalue weighted by molar-refractivity contribution is -0.115. The summed E-state index contributed by atoms with van der Waals surface area (Å²) < 4.78 is 13.2. The second-order valence-corrected chi connectivity index (χ2v) is 6.53. The van der Waals surface area contributed by atoms with Gasteiger partial charge in [-0.25, -0.2) is 4.39 Å². The van der Waals surface area contributed by atoms with Crippen LogP contribution in [0.2, 0.25) is 0 Å². The highest BCUT2D eigenvalue weighted by Gasteiger charge is 2.34. The van der Waals surface area contributed by atoms with Gasteiger partial charge in [0.25, 0.3) is 0 Å². The summed E-state index contributed by atoms with van der Waals surface area (Å²) >= 11 is 1.50. The van der Waals surface area contributed by atoms with Crippen molar-refractivity contribution in [2.24, 2.45) is 10.9 Å². The van der Waals surface area contributed by atoms with Crippen molar-refractivity contribution in [1.82, 2.24) is 0 Å². The molecular formula is C17H16FN3O2S. The molecule has 0 radical (unpaired) electrons. The maximum atomic E-state index is 13.2. The normalized spacial score (nSPS) is 18.2. The Kier molecular flexibility index (Phi) is 4.44.